The molecule has 0 spiro atoms. The van der Waals surface area contributed by atoms with Gasteiger partial charge in [0.1, 0.15) is 5.82 Å². The van der Waals surface area contributed by atoms with Crippen molar-refractivity contribution < 1.29 is 9.04 Å². The van der Waals surface area contributed by atoms with E-state index in [0.29, 0.717) is 6.61 Å². The van der Waals surface area contributed by atoms with Crippen molar-refractivity contribution in [1.82, 2.24) is 0 Å². The summed E-state index contributed by atoms with van der Waals surface area (Å²) in [6, 6.07) is 4.81. The molecule has 0 N–H and O–H groups in total. The molecule has 56 valence electrons. The topological polar surface area (TPSA) is 9.23 Å². The van der Waals surface area contributed by atoms with Crippen LogP contribution < -0.4 is 5.46 Å². The second kappa shape index (κ2) is 2.34. The number of hydrogen-bond acceptors (Lipinski definition) is 1. The van der Waals surface area contributed by atoms with Gasteiger partial charge < -0.3 is 4.65 Å². The summed E-state index contributed by atoms with van der Waals surface area (Å²) in [6.45, 7) is 2.66. The molecule has 1 aliphatic rings. The lowest BCUT2D eigenvalue weighted by atomic mass is 9.64. The third-order valence-electron chi connectivity index (χ3n) is 2.03. The molecule has 2 rings (SSSR count). The van der Waals surface area contributed by atoms with Crippen molar-refractivity contribution in [2.75, 3.05) is 0 Å². The number of fused-ring (bicyclic) bond motifs is 1. The van der Waals surface area contributed by atoms with Crippen LogP contribution in [0.3, 0.4) is 0 Å². The quantitative estimate of drug-likeness (QED) is 0.504. The summed E-state index contributed by atoms with van der Waals surface area (Å²) in [6.07, 6.45) is 0. The molecule has 0 radical (unpaired) electrons. The van der Waals surface area contributed by atoms with Crippen molar-refractivity contribution in [3.63, 3.8) is 0 Å². The molecule has 1 aromatic rings. The van der Waals surface area contributed by atoms with Crippen LogP contribution >= 0.6 is 0 Å². The molecule has 0 saturated heterocycles. The Morgan fingerprint density at radius 2 is 2.36 bits per heavy atom. The standard InChI is InChI=1S/C8H8BFO/c1-9-8-3-2-7(10)4-6(8)5-11-9/h2-4H,5H2,1H3. The van der Waals surface area contributed by atoms with Crippen LogP contribution in [-0.4, -0.2) is 6.92 Å². The van der Waals surface area contributed by atoms with E-state index in [1.165, 1.54) is 6.07 Å². The molecule has 1 heterocycles. The zero-order chi connectivity index (χ0) is 7.84. The van der Waals surface area contributed by atoms with Crippen LogP contribution in [0, 0.1) is 5.82 Å². The third-order valence-corrected chi connectivity index (χ3v) is 2.03. The summed E-state index contributed by atoms with van der Waals surface area (Å²) < 4.78 is 17.9. The normalized spacial score (nSPS) is 15.3. The van der Waals surface area contributed by atoms with Crippen LogP contribution in [-0.2, 0) is 11.3 Å². The molecule has 0 atom stereocenters. The molecular formula is C8H8BFO. The Hall–Kier alpha value is -0.825. The van der Waals surface area contributed by atoms with Crippen LogP contribution in [0.2, 0.25) is 6.82 Å². The third kappa shape index (κ3) is 1.05. The molecule has 1 aliphatic heterocycles. The van der Waals surface area contributed by atoms with Gasteiger partial charge in [0.2, 0.25) is 0 Å². The van der Waals surface area contributed by atoms with Gasteiger partial charge >= 0.3 is 6.92 Å². The summed E-state index contributed by atoms with van der Waals surface area (Å²) in [5.41, 5.74) is 2.10. The maximum Gasteiger partial charge on any atom is 0.324 e. The number of halogens is 1. The Bertz CT molecular complexity index is 287. The summed E-state index contributed by atoms with van der Waals surface area (Å²) in [4.78, 5) is 0. The van der Waals surface area contributed by atoms with E-state index in [9.17, 15) is 4.39 Å². The van der Waals surface area contributed by atoms with Crippen molar-refractivity contribution >= 4 is 12.4 Å². The van der Waals surface area contributed by atoms with Crippen molar-refractivity contribution in [3.05, 3.63) is 29.6 Å². The van der Waals surface area contributed by atoms with Crippen LogP contribution in [0.25, 0.3) is 0 Å². The summed E-state index contributed by atoms with van der Waals surface area (Å²) in [7, 11) is 0. The van der Waals surface area contributed by atoms with Crippen molar-refractivity contribution in [1.29, 1.82) is 0 Å². The highest BCUT2D eigenvalue weighted by molar-refractivity contribution is 6.67. The molecule has 0 aliphatic carbocycles. The lowest BCUT2D eigenvalue weighted by molar-refractivity contribution is 0.333. The molecule has 3 heteroatoms. The van der Waals surface area contributed by atoms with E-state index in [2.05, 4.69) is 0 Å². The summed E-state index contributed by atoms with van der Waals surface area (Å²) in [5.74, 6) is -0.179. The predicted octanol–water partition coefficient (Wildman–Crippen LogP) is 1.18. The van der Waals surface area contributed by atoms with E-state index < -0.39 is 0 Å². The molecule has 11 heavy (non-hydrogen) atoms. The highest BCUT2D eigenvalue weighted by Gasteiger charge is 2.22. The first kappa shape index (κ1) is 6.86. The number of benzene rings is 1. The first-order valence-electron chi connectivity index (χ1n) is 3.67. The first-order valence-corrected chi connectivity index (χ1v) is 3.67. The lowest BCUT2D eigenvalue weighted by Crippen LogP contribution is -2.23. The molecular weight excluding hydrogens is 142 g/mol. The van der Waals surface area contributed by atoms with Crippen molar-refractivity contribution in [2.45, 2.75) is 13.4 Å². The van der Waals surface area contributed by atoms with Gasteiger partial charge in [-0.1, -0.05) is 12.9 Å². The van der Waals surface area contributed by atoms with E-state index in [0.717, 1.165) is 11.0 Å². The molecule has 0 aromatic heterocycles. The van der Waals surface area contributed by atoms with Gasteiger partial charge in [-0.15, -0.1) is 0 Å². The van der Waals surface area contributed by atoms with E-state index >= 15 is 0 Å². The zero-order valence-electron chi connectivity index (χ0n) is 6.30. The minimum atomic E-state index is -0.179. The van der Waals surface area contributed by atoms with Gasteiger partial charge in [-0.3, -0.25) is 0 Å². The Balaban J connectivity index is 2.50. The molecule has 0 saturated carbocycles. The predicted molar refractivity (Wildman–Crippen MR) is 42.4 cm³/mol. The lowest BCUT2D eigenvalue weighted by Gasteiger charge is -1.97. The monoisotopic (exact) mass is 150 g/mol. The number of hydrogen-bond donors (Lipinski definition) is 0. The Kier molecular flexibility index (Phi) is 1.46. The molecule has 0 unspecified atom stereocenters. The van der Waals surface area contributed by atoms with Crippen LogP contribution in [0.4, 0.5) is 4.39 Å². The van der Waals surface area contributed by atoms with E-state index in [4.69, 9.17) is 4.65 Å². The molecule has 0 amide bonds. The van der Waals surface area contributed by atoms with E-state index in [-0.39, 0.29) is 12.7 Å². The maximum absolute atomic E-state index is 12.6. The van der Waals surface area contributed by atoms with Gasteiger partial charge in [0.15, 0.2) is 0 Å². The van der Waals surface area contributed by atoms with Crippen molar-refractivity contribution in [2.24, 2.45) is 0 Å². The highest BCUT2D eigenvalue weighted by Crippen LogP contribution is 2.11. The van der Waals surface area contributed by atoms with Gasteiger partial charge in [0, 0.05) is 0 Å². The first-order chi connectivity index (χ1) is 5.27. The fourth-order valence-electron chi connectivity index (χ4n) is 1.40. The SMILES string of the molecule is CB1OCc2cc(F)ccc21. The maximum atomic E-state index is 12.6. The van der Waals surface area contributed by atoms with Gasteiger partial charge in [-0.25, -0.2) is 4.39 Å². The average Bonchev–Trinajstić information content (AvgIpc) is 2.32. The largest absolute Gasteiger partial charge is 0.427 e. The Morgan fingerprint density at radius 3 is 3.18 bits per heavy atom. The fraction of sp³-hybridized carbons (Fsp3) is 0.250. The minimum absolute atomic E-state index is 0.130. The number of rotatable bonds is 0. The second-order valence-electron chi connectivity index (χ2n) is 2.80. The van der Waals surface area contributed by atoms with Gasteiger partial charge in [-0.2, -0.15) is 0 Å². The Labute approximate surface area is 65.3 Å². The smallest absolute Gasteiger partial charge is 0.324 e. The summed E-state index contributed by atoms with van der Waals surface area (Å²) in [5, 5.41) is 0. The minimum Gasteiger partial charge on any atom is -0.427 e. The van der Waals surface area contributed by atoms with Crippen molar-refractivity contribution in [3.8, 4) is 0 Å². The fourth-order valence-corrected chi connectivity index (χ4v) is 1.40. The molecule has 1 aromatic carbocycles. The molecule has 0 fully saturated rings. The van der Waals surface area contributed by atoms with Crippen LogP contribution in [0.5, 0.6) is 0 Å². The van der Waals surface area contributed by atoms with Gasteiger partial charge in [0.05, 0.1) is 6.61 Å². The van der Waals surface area contributed by atoms with Crippen LogP contribution in [0.15, 0.2) is 18.2 Å². The zero-order valence-corrected chi connectivity index (χ0v) is 6.30. The van der Waals surface area contributed by atoms with Gasteiger partial charge in [0.25, 0.3) is 0 Å². The van der Waals surface area contributed by atoms with E-state index in [1.54, 1.807) is 12.1 Å². The van der Waals surface area contributed by atoms with Gasteiger partial charge in [-0.05, 0) is 23.2 Å². The summed E-state index contributed by atoms with van der Waals surface area (Å²) >= 11 is 0. The molecule has 0 bridgehead atoms. The van der Waals surface area contributed by atoms with E-state index in [1.807, 2.05) is 6.82 Å². The highest BCUT2D eigenvalue weighted by atomic mass is 19.1. The second-order valence-corrected chi connectivity index (χ2v) is 2.80. The molecule has 1 nitrogen and oxygen atoms in total. The Morgan fingerprint density at radius 1 is 1.55 bits per heavy atom. The van der Waals surface area contributed by atoms with Crippen LogP contribution in [0.1, 0.15) is 5.56 Å². The average molecular weight is 150 g/mol.